The molecule has 1 amide bonds. The Labute approximate surface area is 267 Å². The van der Waals surface area contributed by atoms with Gasteiger partial charge in [0, 0.05) is 19.0 Å². The number of aromatic nitrogens is 5. The average molecular weight is 646 g/mol. The summed E-state index contributed by atoms with van der Waals surface area (Å²) >= 11 is 0. The maximum Gasteiger partial charge on any atom is 0.416 e. The lowest BCUT2D eigenvalue weighted by Crippen LogP contribution is -2.44. The standard InChI is InChI=1S/C33H31F3N8O3/c1-37-22-9-11-24(12-10-22)42-27(13-14-39-42)29-28(32(46)43(41(29)2)25-8-6-7-21(17-25)33(34,35)36)30(45)40-23-15-20(16-23)31-38-18-26(47-31)19-44(3,4)5/h6-14,17-18,20,23H,15-16,19H2,2-5H3/p+1. The Morgan fingerprint density at radius 3 is 2.49 bits per heavy atom. The monoisotopic (exact) mass is 645 g/mol. The quantitative estimate of drug-likeness (QED) is 0.178. The number of quaternary nitrogens is 1. The number of rotatable bonds is 8. The number of carbonyl (C=O) groups excluding carboxylic acids is 1. The van der Waals surface area contributed by atoms with Crippen LogP contribution in [0.2, 0.25) is 0 Å². The number of oxazole rings is 1. The van der Waals surface area contributed by atoms with Crippen molar-refractivity contribution in [2.45, 2.75) is 37.5 Å². The van der Waals surface area contributed by atoms with Gasteiger partial charge in [-0.3, -0.25) is 14.3 Å². The summed E-state index contributed by atoms with van der Waals surface area (Å²) < 4.78 is 51.4. The summed E-state index contributed by atoms with van der Waals surface area (Å²) in [5.41, 5.74) is -0.538. The number of benzene rings is 2. The minimum atomic E-state index is -4.64. The van der Waals surface area contributed by atoms with Crippen LogP contribution in [0.4, 0.5) is 18.9 Å². The van der Waals surface area contributed by atoms with Gasteiger partial charge in [0.2, 0.25) is 0 Å². The van der Waals surface area contributed by atoms with Crippen LogP contribution in [0.25, 0.3) is 27.6 Å². The van der Waals surface area contributed by atoms with Crippen LogP contribution in [0.1, 0.15) is 46.3 Å². The van der Waals surface area contributed by atoms with Crippen LogP contribution in [0.5, 0.6) is 0 Å². The Morgan fingerprint density at radius 2 is 1.83 bits per heavy atom. The third kappa shape index (κ3) is 6.22. The summed E-state index contributed by atoms with van der Waals surface area (Å²) in [4.78, 5) is 35.8. The first kappa shape index (κ1) is 31.6. The van der Waals surface area contributed by atoms with Crippen molar-refractivity contribution in [1.29, 1.82) is 0 Å². The Morgan fingerprint density at radius 1 is 1.11 bits per heavy atom. The zero-order chi connectivity index (χ0) is 33.7. The van der Waals surface area contributed by atoms with Crippen molar-refractivity contribution in [2.24, 2.45) is 7.05 Å². The van der Waals surface area contributed by atoms with Crippen molar-refractivity contribution in [1.82, 2.24) is 29.4 Å². The Balaban J connectivity index is 1.36. The van der Waals surface area contributed by atoms with Gasteiger partial charge in [-0.05, 0) is 49.2 Å². The summed E-state index contributed by atoms with van der Waals surface area (Å²) in [6.45, 7) is 7.91. The van der Waals surface area contributed by atoms with Crippen molar-refractivity contribution in [3.8, 4) is 22.8 Å². The molecule has 1 saturated carbocycles. The van der Waals surface area contributed by atoms with Crippen LogP contribution in [0.15, 0.2) is 76.2 Å². The van der Waals surface area contributed by atoms with Gasteiger partial charge < -0.3 is 14.2 Å². The van der Waals surface area contributed by atoms with Crippen molar-refractivity contribution < 1.29 is 26.9 Å². The lowest BCUT2D eigenvalue weighted by molar-refractivity contribution is -0.884. The molecule has 0 unspecified atom stereocenters. The molecule has 3 heterocycles. The molecule has 3 aromatic heterocycles. The van der Waals surface area contributed by atoms with Gasteiger partial charge in [0.1, 0.15) is 17.8 Å². The minimum Gasteiger partial charge on any atom is -0.439 e. The maximum atomic E-state index is 14.0. The van der Waals surface area contributed by atoms with Crippen LogP contribution < -0.4 is 10.9 Å². The van der Waals surface area contributed by atoms with Gasteiger partial charge in [-0.15, -0.1) is 0 Å². The average Bonchev–Trinajstić information content (AvgIpc) is 3.71. The highest BCUT2D eigenvalue weighted by Gasteiger charge is 2.37. The molecule has 1 fully saturated rings. The Hall–Kier alpha value is -5.42. The lowest BCUT2D eigenvalue weighted by atomic mass is 9.80. The highest BCUT2D eigenvalue weighted by molar-refractivity contribution is 6.00. The first-order valence-corrected chi connectivity index (χ1v) is 14.8. The molecule has 0 spiro atoms. The van der Waals surface area contributed by atoms with Gasteiger partial charge in [0.05, 0.1) is 62.7 Å². The molecule has 6 rings (SSSR count). The molecule has 1 aliphatic carbocycles. The molecule has 242 valence electrons. The van der Waals surface area contributed by atoms with E-state index >= 15 is 0 Å². The molecular weight excluding hydrogens is 613 g/mol. The normalized spacial score (nSPS) is 16.5. The summed E-state index contributed by atoms with van der Waals surface area (Å²) in [7, 11) is 7.65. The van der Waals surface area contributed by atoms with E-state index in [2.05, 4.69) is 20.2 Å². The highest BCUT2D eigenvalue weighted by Crippen LogP contribution is 2.37. The van der Waals surface area contributed by atoms with Gasteiger partial charge in [-0.1, -0.05) is 18.2 Å². The second-order valence-corrected chi connectivity index (χ2v) is 12.6. The molecule has 1 N–H and O–H groups in total. The fraction of sp³-hybridized carbons (Fsp3) is 0.303. The van der Waals surface area contributed by atoms with Crippen molar-refractivity contribution in [3.05, 3.63) is 112 Å². The molecular formula is C33H32F3N8O3+. The summed E-state index contributed by atoms with van der Waals surface area (Å²) in [5, 5.41) is 7.33. The summed E-state index contributed by atoms with van der Waals surface area (Å²) in [6, 6.07) is 12.3. The highest BCUT2D eigenvalue weighted by atomic mass is 19.4. The third-order valence-electron chi connectivity index (χ3n) is 8.04. The van der Waals surface area contributed by atoms with Crippen molar-refractivity contribution >= 4 is 11.6 Å². The molecule has 0 bridgehead atoms. The number of nitrogens with zero attached hydrogens (tertiary/aromatic N) is 7. The first-order valence-electron chi connectivity index (χ1n) is 14.8. The number of hydrogen-bond donors (Lipinski definition) is 1. The molecule has 14 heteroatoms. The van der Waals surface area contributed by atoms with Gasteiger partial charge in [0.15, 0.2) is 17.3 Å². The van der Waals surface area contributed by atoms with E-state index in [4.69, 9.17) is 11.0 Å². The second kappa shape index (κ2) is 11.7. The zero-order valence-electron chi connectivity index (χ0n) is 26.1. The van der Waals surface area contributed by atoms with Gasteiger partial charge in [0.25, 0.3) is 11.5 Å². The number of alkyl halides is 3. The van der Waals surface area contributed by atoms with Crippen LogP contribution in [-0.2, 0) is 19.8 Å². The molecule has 5 aromatic rings. The number of halogens is 3. The van der Waals surface area contributed by atoms with Crippen molar-refractivity contribution in [2.75, 3.05) is 21.1 Å². The SMILES string of the molecule is [C-]#[N+]c1ccc(-n2nccc2-c2c(C(=O)NC3CC(c4ncc(C[N+](C)(C)C)o4)C3)c(=O)n(-c3cccc(C(F)(F)F)c3)n2C)cc1. The number of amides is 1. The van der Waals surface area contributed by atoms with Gasteiger partial charge in [-0.2, -0.15) is 18.3 Å². The van der Waals surface area contributed by atoms with Gasteiger partial charge >= 0.3 is 6.18 Å². The van der Waals surface area contributed by atoms with E-state index in [1.54, 1.807) is 36.5 Å². The molecule has 0 radical (unpaired) electrons. The maximum absolute atomic E-state index is 14.0. The van der Waals surface area contributed by atoms with E-state index in [1.165, 1.54) is 34.7 Å². The second-order valence-electron chi connectivity index (χ2n) is 12.6. The van der Waals surface area contributed by atoms with E-state index in [1.807, 2.05) is 21.1 Å². The Bertz CT molecular complexity index is 2050. The molecule has 1 aliphatic rings. The molecule has 0 saturated heterocycles. The molecule has 2 aromatic carbocycles. The molecule has 0 aliphatic heterocycles. The smallest absolute Gasteiger partial charge is 0.416 e. The van der Waals surface area contributed by atoms with E-state index in [9.17, 15) is 22.8 Å². The zero-order valence-corrected chi connectivity index (χ0v) is 26.1. The molecule has 11 nitrogen and oxygen atoms in total. The Kier molecular flexibility index (Phi) is 7.88. The minimum absolute atomic E-state index is 0.00149. The van der Waals surface area contributed by atoms with Crippen LogP contribution >= 0.6 is 0 Å². The predicted molar refractivity (Wildman–Crippen MR) is 166 cm³/mol. The van der Waals surface area contributed by atoms with Crippen LogP contribution in [0, 0.1) is 6.57 Å². The molecule has 47 heavy (non-hydrogen) atoms. The van der Waals surface area contributed by atoms with Crippen molar-refractivity contribution in [3.63, 3.8) is 0 Å². The van der Waals surface area contributed by atoms with Crippen LogP contribution in [0.3, 0.4) is 0 Å². The number of carbonyl (C=O) groups is 1. The number of hydrogen-bond acceptors (Lipinski definition) is 5. The first-order chi connectivity index (χ1) is 22.2. The number of nitrogens with one attached hydrogen (secondary N) is 1. The van der Waals surface area contributed by atoms with Crippen LogP contribution in [-0.4, -0.2) is 61.7 Å². The van der Waals surface area contributed by atoms with E-state index in [-0.39, 0.29) is 28.9 Å². The third-order valence-corrected chi connectivity index (χ3v) is 8.04. The fourth-order valence-electron chi connectivity index (χ4n) is 5.81. The predicted octanol–water partition coefficient (Wildman–Crippen LogP) is 5.47. The lowest BCUT2D eigenvalue weighted by Gasteiger charge is -2.33. The van der Waals surface area contributed by atoms with E-state index in [0.29, 0.717) is 46.8 Å². The molecule has 0 atom stereocenters. The topological polar surface area (TPSA) is 104 Å². The van der Waals surface area contributed by atoms with E-state index < -0.39 is 23.2 Å². The van der Waals surface area contributed by atoms with Gasteiger partial charge in [-0.25, -0.2) is 19.2 Å². The van der Waals surface area contributed by atoms with E-state index in [0.717, 1.165) is 22.6 Å². The fourth-order valence-corrected chi connectivity index (χ4v) is 5.81. The largest absolute Gasteiger partial charge is 0.439 e. The summed E-state index contributed by atoms with van der Waals surface area (Å²) in [5.74, 6) is 0.700. The summed E-state index contributed by atoms with van der Waals surface area (Å²) in [6.07, 6.45) is -0.335.